The van der Waals surface area contributed by atoms with Gasteiger partial charge in [0.1, 0.15) is 15.4 Å². The Kier molecular flexibility index (Phi) is 18.4. The van der Waals surface area contributed by atoms with Crippen LogP contribution in [0.4, 0.5) is 0 Å². The highest BCUT2D eigenvalue weighted by molar-refractivity contribution is 7.87. The molecular weight excluding hydrogens is 366 g/mol. The van der Waals surface area contributed by atoms with Gasteiger partial charge in [0.05, 0.1) is 6.61 Å². The molecule has 0 saturated heterocycles. The molecule has 164 valence electrons. The summed E-state index contributed by atoms with van der Waals surface area (Å²) in [6, 6.07) is 0. The van der Waals surface area contributed by atoms with E-state index in [1.807, 2.05) is 6.92 Å². The van der Waals surface area contributed by atoms with Crippen LogP contribution in [0.3, 0.4) is 0 Å². The summed E-state index contributed by atoms with van der Waals surface area (Å²) in [5.74, 6) is -0.630. The fourth-order valence-corrected chi connectivity index (χ4v) is 3.79. The molecule has 0 fully saturated rings. The van der Waals surface area contributed by atoms with E-state index in [9.17, 15) is 17.8 Å². The van der Waals surface area contributed by atoms with Crippen molar-refractivity contribution in [1.29, 1.82) is 0 Å². The van der Waals surface area contributed by atoms with Crippen molar-refractivity contribution >= 4 is 16.1 Å². The SMILES string of the molecule is CCCCCCCCCCC(C(=O)OCC(CC)CCCC)S(=O)(=O)[O-].[NH4+]. The minimum atomic E-state index is -4.67. The second-order valence-corrected chi connectivity index (χ2v) is 8.85. The van der Waals surface area contributed by atoms with Crippen molar-refractivity contribution in [3.63, 3.8) is 0 Å². The molecule has 0 aliphatic heterocycles. The first kappa shape index (κ1) is 28.5. The van der Waals surface area contributed by atoms with Crippen LogP contribution in [0.15, 0.2) is 0 Å². The molecule has 7 heteroatoms. The van der Waals surface area contributed by atoms with Crippen molar-refractivity contribution in [2.75, 3.05) is 6.61 Å². The molecule has 4 N–H and O–H groups in total. The van der Waals surface area contributed by atoms with E-state index in [0.29, 0.717) is 6.42 Å². The molecule has 0 aliphatic rings. The third-order valence-electron chi connectivity index (χ3n) is 4.94. The Morgan fingerprint density at radius 1 is 0.852 bits per heavy atom. The quantitative estimate of drug-likeness (QED) is 0.191. The Morgan fingerprint density at radius 3 is 1.85 bits per heavy atom. The molecule has 2 unspecified atom stereocenters. The lowest BCUT2D eigenvalue weighted by atomic mass is 10.0. The van der Waals surface area contributed by atoms with Crippen LogP contribution in [0, 0.1) is 5.92 Å². The zero-order valence-corrected chi connectivity index (χ0v) is 18.8. The molecule has 27 heavy (non-hydrogen) atoms. The van der Waals surface area contributed by atoms with Crippen molar-refractivity contribution < 1.29 is 22.5 Å². The van der Waals surface area contributed by atoms with E-state index in [2.05, 4.69) is 13.8 Å². The standard InChI is InChI=1S/C20H40O5S.H3N/c1-4-7-9-10-11-12-13-14-16-19(26(22,23)24)20(21)25-17-18(6-3)15-8-5-2;/h18-19H,4-17H2,1-3H3,(H,22,23,24);1H3. The number of rotatable bonds is 17. The average molecular weight is 410 g/mol. The van der Waals surface area contributed by atoms with Crippen molar-refractivity contribution in [2.24, 2.45) is 5.92 Å². The molecule has 0 aliphatic carbocycles. The number of hydrogen-bond acceptors (Lipinski definition) is 5. The Labute approximate surface area is 167 Å². The summed E-state index contributed by atoms with van der Waals surface area (Å²) in [6.07, 6.45) is 12.5. The van der Waals surface area contributed by atoms with Crippen molar-refractivity contribution in [2.45, 2.75) is 109 Å². The number of carbonyl (C=O) groups is 1. The molecule has 0 aromatic heterocycles. The van der Waals surface area contributed by atoms with Gasteiger partial charge in [0.15, 0.2) is 0 Å². The maximum atomic E-state index is 12.1. The molecule has 0 aromatic carbocycles. The van der Waals surface area contributed by atoms with Crippen LogP contribution >= 0.6 is 0 Å². The largest absolute Gasteiger partial charge is 0.747 e. The van der Waals surface area contributed by atoms with E-state index in [0.717, 1.165) is 44.9 Å². The van der Waals surface area contributed by atoms with Crippen LogP contribution in [-0.4, -0.2) is 30.8 Å². The van der Waals surface area contributed by atoms with Gasteiger partial charge in [0.25, 0.3) is 0 Å². The Morgan fingerprint density at radius 2 is 1.37 bits per heavy atom. The van der Waals surface area contributed by atoms with E-state index in [1.165, 1.54) is 25.7 Å². The minimum Gasteiger partial charge on any atom is -0.747 e. The molecule has 0 radical (unpaired) electrons. The predicted molar refractivity (Wildman–Crippen MR) is 111 cm³/mol. The van der Waals surface area contributed by atoms with Gasteiger partial charge < -0.3 is 15.4 Å². The zero-order chi connectivity index (χ0) is 19.8. The topological polar surface area (TPSA) is 120 Å². The summed E-state index contributed by atoms with van der Waals surface area (Å²) in [5, 5.41) is -1.55. The van der Waals surface area contributed by atoms with Gasteiger partial charge in [-0.2, -0.15) is 0 Å². The molecule has 0 heterocycles. The Bertz CT molecular complexity index is 453. The second-order valence-electron chi connectivity index (χ2n) is 7.29. The first-order chi connectivity index (χ1) is 12.4. The molecule has 6 nitrogen and oxygen atoms in total. The molecular formula is C20H43NO5S. The van der Waals surface area contributed by atoms with Gasteiger partial charge in [-0.15, -0.1) is 0 Å². The van der Waals surface area contributed by atoms with Gasteiger partial charge in [-0.3, -0.25) is 4.79 Å². The van der Waals surface area contributed by atoms with Crippen LogP contribution in [0.25, 0.3) is 0 Å². The summed E-state index contributed by atoms with van der Waals surface area (Å²) < 4.78 is 39.5. The van der Waals surface area contributed by atoms with Crippen LogP contribution in [0.2, 0.25) is 0 Å². The first-order valence-corrected chi connectivity index (χ1v) is 11.9. The molecule has 0 aromatic rings. The van der Waals surface area contributed by atoms with Crippen LogP contribution in [0.1, 0.15) is 104 Å². The molecule has 0 amide bonds. The van der Waals surface area contributed by atoms with Gasteiger partial charge in [-0.05, 0) is 18.8 Å². The molecule has 0 rings (SSSR count). The molecule has 0 spiro atoms. The number of carbonyl (C=O) groups excluding carboxylic acids is 1. The summed E-state index contributed by atoms with van der Waals surface area (Å²) in [6.45, 7) is 6.51. The number of unbranched alkanes of at least 4 members (excludes halogenated alkanes) is 8. The molecule has 2 atom stereocenters. The highest BCUT2D eigenvalue weighted by atomic mass is 32.2. The van der Waals surface area contributed by atoms with Gasteiger partial charge in [-0.25, -0.2) is 8.42 Å². The average Bonchev–Trinajstić information content (AvgIpc) is 2.59. The van der Waals surface area contributed by atoms with Gasteiger partial charge in [-0.1, -0.05) is 91.4 Å². The van der Waals surface area contributed by atoms with E-state index in [1.54, 1.807) is 0 Å². The number of esters is 1. The van der Waals surface area contributed by atoms with Crippen molar-refractivity contribution in [3.05, 3.63) is 0 Å². The normalized spacial score (nSPS) is 13.6. The third-order valence-corrected chi connectivity index (χ3v) is 6.06. The molecule has 0 saturated carbocycles. The summed E-state index contributed by atoms with van der Waals surface area (Å²) in [7, 11) is -4.67. The smallest absolute Gasteiger partial charge is 0.323 e. The van der Waals surface area contributed by atoms with Crippen molar-refractivity contribution in [1.82, 2.24) is 6.15 Å². The predicted octanol–water partition coefficient (Wildman–Crippen LogP) is 5.57. The maximum Gasteiger partial charge on any atom is 0.323 e. The zero-order valence-electron chi connectivity index (χ0n) is 18.0. The lowest BCUT2D eigenvalue weighted by Crippen LogP contribution is -2.33. The summed E-state index contributed by atoms with van der Waals surface area (Å²) >= 11 is 0. The lowest BCUT2D eigenvalue weighted by molar-refractivity contribution is -0.144. The second kappa shape index (κ2) is 17.4. The van der Waals surface area contributed by atoms with E-state index in [4.69, 9.17) is 4.74 Å². The number of hydrogen-bond donors (Lipinski definition) is 1. The Hall–Kier alpha value is -0.660. The van der Waals surface area contributed by atoms with Gasteiger partial charge >= 0.3 is 5.97 Å². The van der Waals surface area contributed by atoms with Crippen LogP contribution < -0.4 is 6.15 Å². The summed E-state index contributed by atoms with van der Waals surface area (Å²) in [4.78, 5) is 12.1. The highest BCUT2D eigenvalue weighted by Gasteiger charge is 2.27. The number of quaternary nitrogens is 1. The Balaban J connectivity index is 0. The third kappa shape index (κ3) is 15.0. The highest BCUT2D eigenvalue weighted by Crippen LogP contribution is 2.17. The van der Waals surface area contributed by atoms with E-state index < -0.39 is 21.3 Å². The fraction of sp³-hybridized carbons (Fsp3) is 0.950. The van der Waals surface area contributed by atoms with Crippen LogP contribution in [-0.2, 0) is 19.6 Å². The maximum absolute atomic E-state index is 12.1. The first-order valence-electron chi connectivity index (χ1n) is 10.5. The molecule has 0 bridgehead atoms. The fourth-order valence-electron chi connectivity index (χ4n) is 3.03. The summed E-state index contributed by atoms with van der Waals surface area (Å²) in [5.41, 5.74) is 0. The number of ether oxygens (including phenoxy) is 1. The monoisotopic (exact) mass is 409 g/mol. The van der Waals surface area contributed by atoms with E-state index >= 15 is 0 Å². The van der Waals surface area contributed by atoms with E-state index in [-0.39, 0.29) is 25.1 Å². The van der Waals surface area contributed by atoms with Crippen LogP contribution in [0.5, 0.6) is 0 Å². The van der Waals surface area contributed by atoms with Gasteiger partial charge in [0.2, 0.25) is 0 Å². The minimum absolute atomic E-state index is 0. The van der Waals surface area contributed by atoms with Crippen molar-refractivity contribution in [3.8, 4) is 0 Å². The lowest BCUT2D eigenvalue weighted by Gasteiger charge is -2.21. The van der Waals surface area contributed by atoms with Gasteiger partial charge in [0, 0.05) is 0 Å².